The maximum Gasteiger partial charge on any atom is 0.337 e. The van der Waals surface area contributed by atoms with Gasteiger partial charge in [0.1, 0.15) is 17.7 Å². The van der Waals surface area contributed by atoms with Gasteiger partial charge < -0.3 is 13.8 Å². The third kappa shape index (κ3) is 6.30. The third-order valence-corrected chi connectivity index (χ3v) is 4.71. The highest BCUT2D eigenvalue weighted by Gasteiger charge is 2.29. The Bertz CT molecular complexity index is 541. The van der Waals surface area contributed by atoms with Gasteiger partial charge in [0.25, 0.3) is 0 Å². The van der Waals surface area contributed by atoms with Crippen molar-refractivity contribution in [2.75, 3.05) is 13.3 Å². The second-order valence-corrected chi connectivity index (χ2v) is 7.37. The lowest BCUT2D eigenvalue weighted by atomic mass is 10.2. The number of hydrogen-bond donors (Lipinski definition) is 0. The van der Waals surface area contributed by atoms with Gasteiger partial charge in [-0.1, -0.05) is 18.2 Å². The monoisotopic (exact) mass is 330 g/mol. The first-order valence-corrected chi connectivity index (χ1v) is 8.93. The van der Waals surface area contributed by atoms with E-state index in [0.29, 0.717) is 11.3 Å². The van der Waals surface area contributed by atoms with Crippen molar-refractivity contribution in [2.24, 2.45) is 0 Å². The molecule has 0 N–H and O–H groups in total. The van der Waals surface area contributed by atoms with Gasteiger partial charge in [-0.25, -0.2) is 4.39 Å². The molecule has 0 heterocycles. The molecule has 124 valence electrons. The number of benzene rings is 1. The maximum atomic E-state index is 14.3. The van der Waals surface area contributed by atoms with E-state index in [1.54, 1.807) is 52.0 Å². The molecule has 0 spiro atoms. The van der Waals surface area contributed by atoms with Gasteiger partial charge in [0, 0.05) is 5.56 Å². The van der Waals surface area contributed by atoms with Gasteiger partial charge >= 0.3 is 7.60 Å². The Kier molecular flexibility index (Phi) is 7.27. The van der Waals surface area contributed by atoms with Crippen LogP contribution in [0.2, 0.25) is 0 Å². The minimum absolute atomic E-state index is 0.316. The maximum absolute atomic E-state index is 14.3. The molecular formula is C16H24FO4P. The van der Waals surface area contributed by atoms with Crippen LogP contribution in [0.4, 0.5) is 4.39 Å². The SMILES string of the molecule is COc1ccccc1/C=C(\F)CP(=O)(OC(C)C)OC(C)C. The van der Waals surface area contributed by atoms with Gasteiger partial charge in [-0.05, 0) is 39.8 Å². The molecule has 0 aliphatic carbocycles. The van der Waals surface area contributed by atoms with E-state index >= 15 is 0 Å². The van der Waals surface area contributed by atoms with Crippen LogP contribution in [0.1, 0.15) is 33.3 Å². The van der Waals surface area contributed by atoms with Gasteiger partial charge in [0.15, 0.2) is 0 Å². The molecule has 4 nitrogen and oxygen atoms in total. The van der Waals surface area contributed by atoms with Crippen LogP contribution in [-0.2, 0) is 13.6 Å². The normalized spacial score (nSPS) is 13.0. The van der Waals surface area contributed by atoms with Crippen LogP contribution in [0, 0.1) is 0 Å². The van der Waals surface area contributed by atoms with Crippen molar-refractivity contribution in [3.05, 3.63) is 35.7 Å². The molecule has 0 atom stereocenters. The Hall–Kier alpha value is -1.16. The van der Waals surface area contributed by atoms with Crippen molar-refractivity contribution < 1.29 is 22.7 Å². The topological polar surface area (TPSA) is 44.8 Å². The molecule has 1 aromatic rings. The number of hydrogen-bond acceptors (Lipinski definition) is 4. The van der Waals surface area contributed by atoms with E-state index in [2.05, 4.69) is 0 Å². The summed E-state index contributed by atoms with van der Waals surface area (Å²) in [6.45, 7) is 6.94. The van der Waals surface area contributed by atoms with Crippen molar-refractivity contribution >= 4 is 13.7 Å². The van der Waals surface area contributed by atoms with Gasteiger partial charge in [-0.2, -0.15) is 0 Å². The quantitative estimate of drug-likeness (QED) is 0.626. The van der Waals surface area contributed by atoms with Gasteiger partial charge in [-0.15, -0.1) is 0 Å². The summed E-state index contributed by atoms with van der Waals surface area (Å²) in [6.07, 6.45) is 0.257. The fourth-order valence-electron chi connectivity index (χ4n) is 1.93. The molecular weight excluding hydrogens is 306 g/mol. The number of methoxy groups -OCH3 is 1. The highest BCUT2D eigenvalue weighted by Crippen LogP contribution is 2.52. The largest absolute Gasteiger partial charge is 0.496 e. The first-order chi connectivity index (χ1) is 10.3. The predicted octanol–water partition coefficient (Wildman–Crippen LogP) is 5.05. The molecule has 0 unspecified atom stereocenters. The van der Waals surface area contributed by atoms with E-state index in [4.69, 9.17) is 13.8 Å². The van der Waals surface area contributed by atoms with Crippen molar-refractivity contribution in [3.63, 3.8) is 0 Å². The van der Waals surface area contributed by atoms with Crippen LogP contribution in [-0.4, -0.2) is 25.5 Å². The van der Waals surface area contributed by atoms with Crippen LogP contribution in [0.5, 0.6) is 5.75 Å². The Morgan fingerprint density at radius 3 is 2.23 bits per heavy atom. The lowest BCUT2D eigenvalue weighted by Gasteiger charge is -2.22. The first kappa shape index (κ1) is 18.9. The van der Waals surface area contributed by atoms with Crippen molar-refractivity contribution in [1.82, 2.24) is 0 Å². The Morgan fingerprint density at radius 2 is 1.73 bits per heavy atom. The van der Waals surface area contributed by atoms with E-state index in [0.717, 1.165) is 0 Å². The standard InChI is InChI=1S/C16H24FO4P/c1-12(2)20-22(18,21-13(3)4)11-15(17)10-14-8-6-7-9-16(14)19-5/h6-10,12-13H,11H2,1-5H3/b15-10-. The summed E-state index contributed by atoms with van der Waals surface area (Å²) in [6, 6.07) is 7.02. The zero-order valence-corrected chi connectivity index (χ0v) is 14.6. The molecule has 0 amide bonds. The van der Waals surface area contributed by atoms with Crippen LogP contribution in [0.25, 0.3) is 6.08 Å². The molecule has 1 aromatic carbocycles. The number of ether oxygens (including phenoxy) is 1. The van der Waals surface area contributed by atoms with E-state index < -0.39 is 19.6 Å². The second kappa shape index (κ2) is 8.47. The van der Waals surface area contributed by atoms with Crippen LogP contribution < -0.4 is 4.74 Å². The van der Waals surface area contributed by atoms with Gasteiger partial charge in [-0.3, -0.25) is 4.57 Å². The molecule has 0 saturated heterocycles. The minimum atomic E-state index is -3.53. The fraction of sp³-hybridized carbons (Fsp3) is 0.500. The lowest BCUT2D eigenvalue weighted by molar-refractivity contribution is 0.143. The highest BCUT2D eigenvalue weighted by molar-refractivity contribution is 7.54. The van der Waals surface area contributed by atoms with Crippen molar-refractivity contribution in [3.8, 4) is 5.75 Å². The van der Waals surface area contributed by atoms with Gasteiger partial charge in [0.05, 0.1) is 19.3 Å². The molecule has 1 rings (SSSR count). The Balaban J connectivity index is 2.97. The Labute approximate surface area is 131 Å². The molecule has 0 fully saturated rings. The smallest absolute Gasteiger partial charge is 0.337 e. The summed E-state index contributed by atoms with van der Waals surface area (Å²) in [7, 11) is -2.02. The van der Waals surface area contributed by atoms with Crippen LogP contribution >= 0.6 is 7.60 Å². The zero-order valence-electron chi connectivity index (χ0n) is 13.7. The molecule has 0 aliphatic heterocycles. The van der Waals surface area contributed by atoms with Gasteiger partial charge in [0.2, 0.25) is 0 Å². The number of para-hydroxylation sites is 1. The predicted molar refractivity (Wildman–Crippen MR) is 87.0 cm³/mol. The lowest BCUT2D eigenvalue weighted by Crippen LogP contribution is -2.10. The number of rotatable bonds is 8. The molecule has 0 aliphatic rings. The minimum Gasteiger partial charge on any atom is -0.496 e. The highest BCUT2D eigenvalue weighted by atomic mass is 31.2. The summed E-state index contributed by atoms with van der Waals surface area (Å²) >= 11 is 0. The van der Waals surface area contributed by atoms with E-state index in [1.807, 2.05) is 0 Å². The van der Waals surface area contributed by atoms with E-state index in [9.17, 15) is 8.96 Å². The van der Waals surface area contributed by atoms with E-state index in [1.165, 1.54) is 13.2 Å². The van der Waals surface area contributed by atoms with Crippen LogP contribution in [0.15, 0.2) is 30.1 Å². The summed E-state index contributed by atoms with van der Waals surface area (Å²) in [5, 5.41) is 0. The summed E-state index contributed by atoms with van der Waals surface area (Å²) in [5.41, 5.74) is 0.572. The average molecular weight is 330 g/mol. The average Bonchev–Trinajstić information content (AvgIpc) is 2.36. The fourth-order valence-corrected chi connectivity index (χ4v) is 3.87. The van der Waals surface area contributed by atoms with E-state index in [-0.39, 0.29) is 12.2 Å². The Morgan fingerprint density at radius 1 is 1.18 bits per heavy atom. The summed E-state index contributed by atoms with van der Waals surface area (Å²) in [4.78, 5) is 0. The molecule has 0 aromatic heterocycles. The first-order valence-electron chi connectivity index (χ1n) is 7.20. The third-order valence-electron chi connectivity index (χ3n) is 2.54. The number of allylic oxidation sites excluding steroid dienone is 1. The second-order valence-electron chi connectivity index (χ2n) is 5.41. The van der Waals surface area contributed by atoms with Crippen molar-refractivity contribution in [1.29, 1.82) is 0 Å². The number of halogens is 1. The summed E-state index contributed by atoms with van der Waals surface area (Å²) < 4.78 is 42.7. The zero-order chi connectivity index (χ0) is 16.8. The molecule has 6 heteroatoms. The van der Waals surface area contributed by atoms with Crippen LogP contribution in [0.3, 0.4) is 0 Å². The molecule has 0 radical (unpaired) electrons. The molecule has 0 bridgehead atoms. The summed E-state index contributed by atoms with van der Waals surface area (Å²) in [5.74, 6) is -0.0313. The molecule has 22 heavy (non-hydrogen) atoms. The molecule has 0 saturated carbocycles. The van der Waals surface area contributed by atoms with Crippen molar-refractivity contribution in [2.45, 2.75) is 39.9 Å².